The highest BCUT2D eigenvalue weighted by molar-refractivity contribution is 5.87. The fraction of sp³-hybridized carbons (Fsp3) is 0.333. The maximum atomic E-state index is 11.6. The van der Waals surface area contributed by atoms with Crippen LogP contribution in [0.3, 0.4) is 0 Å². The minimum Gasteiger partial charge on any atom is -0.497 e. The van der Waals surface area contributed by atoms with Gasteiger partial charge in [0.25, 0.3) is 0 Å². The largest absolute Gasteiger partial charge is 0.497 e. The monoisotopic (exact) mass is 290 g/mol. The highest BCUT2D eigenvalue weighted by Crippen LogP contribution is 2.08. The van der Waals surface area contributed by atoms with Gasteiger partial charge in [0.15, 0.2) is 0 Å². The number of ether oxygens (including phenoxy) is 1. The van der Waals surface area contributed by atoms with Gasteiger partial charge in [-0.3, -0.25) is 0 Å². The normalized spacial score (nSPS) is 16.9. The van der Waals surface area contributed by atoms with Crippen molar-refractivity contribution in [3.8, 4) is 0 Å². The van der Waals surface area contributed by atoms with Gasteiger partial charge in [0, 0.05) is 6.54 Å². The Morgan fingerprint density at radius 1 is 1.24 bits per heavy atom. The Balaban J connectivity index is 1.70. The second-order valence-electron chi connectivity index (χ2n) is 4.77. The average Bonchev–Trinajstić information content (AvgIpc) is 2.52. The van der Waals surface area contributed by atoms with Gasteiger partial charge < -0.3 is 20.5 Å². The molecule has 0 radical (unpaired) electrons. The second-order valence-corrected chi connectivity index (χ2v) is 4.77. The molecule has 1 atom stereocenters. The van der Waals surface area contributed by atoms with Gasteiger partial charge >= 0.3 is 12.0 Å². The molecule has 0 bridgehead atoms. The molecule has 6 heteroatoms. The first-order valence-corrected chi connectivity index (χ1v) is 6.79. The fourth-order valence-electron chi connectivity index (χ4n) is 1.95. The van der Waals surface area contributed by atoms with E-state index < -0.39 is 5.97 Å². The van der Waals surface area contributed by atoms with E-state index in [2.05, 4.69) is 10.6 Å². The van der Waals surface area contributed by atoms with E-state index in [1.54, 1.807) is 18.4 Å². The Hall–Kier alpha value is -2.50. The third-order valence-corrected chi connectivity index (χ3v) is 3.17. The molecule has 1 aliphatic heterocycles. The molecule has 0 fully saturated rings. The Kier molecular flexibility index (Phi) is 5.20. The number of carboxylic acid groups (broad SMARTS) is 1. The number of aromatic carboxylic acids is 1. The lowest BCUT2D eigenvalue weighted by molar-refractivity contribution is 0.0697. The van der Waals surface area contributed by atoms with Crippen molar-refractivity contribution in [3.05, 3.63) is 47.7 Å². The summed E-state index contributed by atoms with van der Waals surface area (Å²) in [5.41, 5.74) is 1.07. The predicted molar refractivity (Wildman–Crippen MR) is 76.9 cm³/mol. The zero-order chi connectivity index (χ0) is 15.1. The summed E-state index contributed by atoms with van der Waals surface area (Å²) in [5, 5.41) is 14.3. The number of carbonyl (C=O) groups excluding carboxylic acids is 1. The molecular weight excluding hydrogens is 272 g/mol. The lowest BCUT2D eigenvalue weighted by Gasteiger charge is -2.19. The third kappa shape index (κ3) is 4.83. The topological polar surface area (TPSA) is 87.7 Å². The molecule has 112 valence electrons. The molecule has 2 rings (SSSR count). The summed E-state index contributed by atoms with van der Waals surface area (Å²) in [4.78, 5) is 22.4. The number of benzene rings is 1. The zero-order valence-electron chi connectivity index (χ0n) is 11.5. The predicted octanol–water partition coefficient (Wildman–Crippen LogP) is 1.88. The molecule has 3 N–H and O–H groups in total. The molecule has 0 spiro atoms. The number of hydrogen-bond acceptors (Lipinski definition) is 3. The van der Waals surface area contributed by atoms with Gasteiger partial charge in [0.1, 0.15) is 6.10 Å². The maximum Gasteiger partial charge on any atom is 0.335 e. The van der Waals surface area contributed by atoms with Crippen molar-refractivity contribution in [2.24, 2.45) is 0 Å². The van der Waals surface area contributed by atoms with E-state index in [-0.39, 0.29) is 17.7 Å². The SMILES string of the molecule is O=C(NCc1ccc(C(=O)O)cc1)NCC1CCC=CO1. The van der Waals surface area contributed by atoms with Crippen LogP contribution in [0.4, 0.5) is 4.79 Å². The third-order valence-electron chi connectivity index (χ3n) is 3.17. The molecular formula is C15H18N2O4. The zero-order valence-corrected chi connectivity index (χ0v) is 11.5. The van der Waals surface area contributed by atoms with Crippen LogP contribution in [-0.2, 0) is 11.3 Å². The Labute approximate surface area is 122 Å². The number of rotatable bonds is 5. The molecule has 1 aliphatic rings. The lowest BCUT2D eigenvalue weighted by Crippen LogP contribution is -2.40. The van der Waals surface area contributed by atoms with E-state index in [0.29, 0.717) is 13.1 Å². The van der Waals surface area contributed by atoms with Crippen LogP contribution in [0, 0.1) is 0 Å². The molecule has 0 aromatic heterocycles. The highest BCUT2D eigenvalue weighted by Gasteiger charge is 2.12. The van der Waals surface area contributed by atoms with Crippen LogP contribution in [0.1, 0.15) is 28.8 Å². The van der Waals surface area contributed by atoms with Crippen molar-refractivity contribution < 1.29 is 19.4 Å². The average molecular weight is 290 g/mol. The molecule has 0 saturated carbocycles. The van der Waals surface area contributed by atoms with Crippen molar-refractivity contribution in [2.75, 3.05) is 6.54 Å². The highest BCUT2D eigenvalue weighted by atomic mass is 16.5. The summed E-state index contributed by atoms with van der Waals surface area (Å²) in [6, 6.07) is 6.12. The van der Waals surface area contributed by atoms with E-state index >= 15 is 0 Å². The first kappa shape index (κ1) is 14.9. The van der Waals surface area contributed by atoms with Crippen LogP contribution in [0.2, 0.25) is 0 Å². The lowest BCUT2D eigenvalue weighted by atomic mass is 10.1. The summed E-state index contributed by atoms with van der Waals surface area (Å²) < 4.78 is 5.35. The van der Waals surface area contributed by atoms with E-state index in [9.17, 15) is 9.59 Å². The van der Waals surface area contributed by atoms with Crippen molar-refractivity contribution >= 4 is 12.0 Å². The number of nitrogens with one attached hydrogen (secondary N) is 2. The molecule has 0 aliphatic carbocycles. The van der Waals surface area contributed by atoms with Crippen molar-refractivity contribution in [2.45, 2.75) is 25.5 Å². The molecule has 21 heavy (non-hydrogen) atoms. The molecule has 1 heterocycles. The van der Waals surface area contributed by atoms with Crippen LogP contribution in [0.15, 0.2) is 36.6 Å². The maximum absolute atomic E-state index is 11.6. The number of urea groups is 1. The first-order chi connectivity index (χ1) is 10.1. The summed E-state index contributed by atoms with van der Waals surface area (Å²) in [7, 11) is 0. The molecule has 2 amide bonds. The summed E-state index contributed by atoms with van der Waals surface area (Å²) in [5.74, 6) is -0.964. The first-order valence-electron chi connectivity index (χ1n) is 6.79. The van der Waals surface area contributed by atoms with Crippen LogP contribution < -0.4 is 10.6 Å². The fourth-order valence-corrected chi connectivity index (χ4v) is 1.95. The van der Waals surface area contributed by atoms with Crippen LogP contribution in [-0.4, -0.2) is 29.8 Å². The summed E-state index contributed by atoms with van der Waals surface area (Å²) in [6.45, 7) is 0.811. The standard InChI is InChI=1S/C15H18N2O4/c18-14(19)12-6-4-11(5-7-12)9-16-15(20)17-10-13-3-1-2-8-21-13/h2,4-8,13H,1,3,9-10H2,(H,18,19)(H2,16,17,20). The van der Waals surface area contributed by atoms with Crippen LogP contribution in [0.25, 0.3) is 0 Å². The molecule has 6 nitrogen and oxygen atoms in total. The van der Waals surface area contributed by atoms with Crippen molar-refractivity contribution in [1.29, 1.82) is 0 Å². The van der Waals surface area contributed by atoms with E-state index in [1.807, 2.05) is 6.08 Å². The van der Waals surface area contributed by atoms with Gasteiger partial charge in [0.05, 0.1) is 18.4 Å². The van der Waals surface area contributed by atoms with E-state index in [1.165, 1.54) is 12.1 Å². The molecule has 1 unspecified atom stereocenters. The number of allylic oxidation sites excluding steroid dienone is 1. The van der Waals surface area contributed by atoms with Crippen LogP contribution in [0.5, 0.6) is 0 Å². The number of hydrogen-bond donors (Lipinski definition) is 3. The quantitative estimate of drug-likeness (QED) is 0.772. The number of carboxylic acids is 1. The van der Waals surface area contributed by atoms with Gasteiger partial charge in [-0.05, 0) is 36.6 Å². The van der Waals surface area contributed by atoms with Gasteiger partial charge in [-0.1, -0.05) is 12.1 Å². The summed E-state index contributed by atoms with van der Waals surface area (Å²) in [6.07, 6.45) is 5.50. The molecule has 0 saturated heterocycles. The van der Waals surface area contributed by atoms with Gasteiger partial charge in [-0.15, -0.1) is 0 Å². The van der Waals surface area contributed by atoms with Crippen molar-refractivity contribution in [3.63, 3.8) is 0 Å². The Bertz CT molecular complexity index is 525. The van der Waals surface area contributed by atoms with Gasteiger partial charge in [-0.2, -0.15) is 0 Å². The Morgan fingerprint density at radius 2 is 2.00 bits per heavy atom. The van der Waals surface area contributed by atoms with Gasteiger partial charge in [0.2, 0.25) is 0 Å². The molecule has 1 aromatic carbocycles. The van der Waals surface area contributed by atoms with E-state index in [0.717, 1.165) is 18.4 Å². The van der Waals surface area contributed by atoms with Crippen molar-refractivity contribution in [1.82, 2.24) is 10.6 Å². The van der Waals surface area contributed by atoms with E-state index in [4.69, 9.17) is 9.84 Å². The molecule has 1 aromatic rings. The minimum absolute atomic E-state index is 0.0237. The second kappa shape index (κ2) is 7.33. The minimum atomic E-state index is -0.964. The number of amides is 2. The van der Waals surface area contributed by atoms with Crippen LogP contribution >= 0.6 is 0 Å². The Morgan fingerprint density at radius 3 is 2.62 bits per heavy atom. The smallest absolute Gasteiger partial charge is 0.335 e. The number of carbonyl (C=O) groups is 2. The summed E-state index contributed by atoms with van der Waals surface area (Å²) >= 11 is 0. The van der Waals surface area contributed by atoms with Gasteiger partial charge in [-0.25, -0.2) is 9.59 Å².